The molecule has 7 amide bonds. The van der Waals surface area contributed by atoms with Crippen LogP contribution in [0.2, 0.25) is 0 Å². The van der Waals surface area contributed by atoms with Gasteiger partial charge in [-0.25, -0.2) is 49.6 Å². The molecule has 7 aliphatic rings. The number of hydrogen-bond donors (Lipinski definition) is 6. The molecule has 618 valence electrons. The average Bonchev–Trinajstić information content (AvgIpc) is 1.57. The average molecular weight is 1660 g/mol. The number of rotatable bonds is 16. The first-order valence-corrected chi connectivity index (χ1v) is 42.1. The molecule has 0 radical (unpaired) electrons. The second kappa shape index (κ2) is 33.5. The summed E-state index contributed by atoms with van der Waals surface area (Å²) in [4.78, 5) is 144. The Bertz CT molecular complexity index is 5300. The van der Waals surface area contributed by atoms with Gasteiger partial charge in [-0.05, 0) is 140 Å². The molecule has 6 heterocycles. The summed E-state index contributed by atoms with van der Waals surface area (Å²) in [7, 11) is -13.5. The summed E-state index contributed by atoms with van der Waals surface area (Å²) in [5, 5.41) is 46.8. The number of carbonyl (C=O) groups excluding carboxylic acids is 7. The molecule has 3 aliphatic carbocycles. The first kappa shape index (κ1) is 84.1. The summed E-state index contributed by atoms with van der Waals surface area (Å²) in [6, 6.07) is 21.6. The number of fused-ring (bicyclic) bond motifs is 6. The minimum absolute atomic E-state index is 0.0305. The number of aromatic nitrogens is 2. The van der Waals surface area contributed by atoms with Crippen molar-refractivity contribution in [2.75, 3.05) is 39.3 Å². The zero-order chi connectivity index (χ0) is 83.6. The Morgan fingerprint density at radius 1 is 0.560 bits per heavy atom. The Morgan fingerprint density at radius 3 is 1.37 bits per heavy atom. The summed E-state index contributed by atoms with van der Waals surface area (Å²) in [6.07, 6.45) is 7.21. The summed E-state index contributed by atoms with van der Waals surface area (Å²) in [5.74, 6) is -6.41. The molecule has 4 aromatic carbocycles. The molecular formula is C77H89N13O23S3. The molecule has 5 fully saturated rings. The number of hydrogen-bond acceptors (Lipinski definition) is 24. The van der Waals surface area contributed by atoms with Gasteiger partial charge in [-0.2, -0.15) is 8.61 Å². The monoisotopic (exact) mass is 1660 g/mol. The number of nitrogens with zero attached hydrogens (tertiary/aromatic N) is 8. The van der Waals surface area contributed by atoms with Crippen molar-refractivity contribution in [1.82, 2.24) is 54.4 Å². The molecule has 6 N–H and O–H groups in total. The van der Waals surface area contributed by atoms with Gasteiger partial charge in [0.15, 0.2) is 9.79 Å². The highest BCUT2D eigenvalue weighted by molar-refractivity contribution is 7.91. The van der Waals surface area contributed by atoms with E-state index < -0.39 is 198 Å². The normalized spacial score (nSPS) is 25.7. The first-order chi connectivity index (χ1) is 54.8. The van der Waals surface area contributed by atoms with Crippen LogP contribution in [0.3, 0.4) is 0 Å². The van der Waals surface area contributed by atoms with Crippen LogP contribution in [0.5, 0.6) is 11.8 Å². The molecule has 10 atom stereocenters. The van der Waals surface area contributed by atoms with Gasteiger partial charge in [0.25, 0.3) is 17.3 Å². The summed E-state index contributed by atoms with van der Waals surface area (Å²) >= 11 is 0. The maximum atomic E-state index is 15.0. The maximum absolute atomic E-state index is 15.0. The van der Waals surface area contributed by atoms with Crippen LogP contribution in [0.25, 0.3) is 21.5 Å². The van der Waals surface area contributed by atoms with Gasteiger partial charge in [0.05, 0.1) is 28.2 Å². The molecule has 4 aliphatic heterocycles. The number of benzene rings is 4. The number of allylic oxidation sites excluding steroid dienone is 2. The third-order valence-corrected chi connectivity index (χ3v) is 26.3. The Hall–Kier alpha value is -11.3. The number of carbonyl (C=O) groups is 8. The molecule has 116 heavy (non-hydrogen) atoms. The smallest absolute Gasteiger partial charge is 0.408 e. The van der Waals surface area contributed by atoms with Crippen LogP contribution in [-0.4, -0.2) is 219 Å². The Balaban J connectivity index is 0.000000215. The number of carboxylic acids is 1. The van der Waals surface area contributed by atoms with Crippen LogP contribution in [0.4, 0.5) is 21.0 Å². The fourth-order valence-electron chi connectivity index (χ4n) is 14.6. The van der Waals surface area contributed by atoms with Crippen molar-refractivity contribution in [3.05, 3.63) is 166 Å². The third kappa shape index (κ3) is 19.0. The van der Waals surface area contributed by atoms with Crippen LogP contribution in [0, 0.1) is 32.1 Å². The van der Waals surface area contributed by atoms with Gasteiger partial charge in [-0.3, -0.25) is 48.9 Å². The second-order valence-corrected chi connectivity index (χ2v) is 37.1. The van der Waals surface area contributed by atoms with Gasteiger partial charge in [0.1, 0.15) is 58.7 Å². The van der Waals surface area contributed by atoms with Gasteiger partial charge in [-0.15, -0.1) is 0 Å². The van der Waals surface area contributed by atoms with E-state index in [1.807, 2.05) is 24.3 Å². The highest BCUT2D eigenvalue weighted by atomic mass is 32.2. The molecule has 3 saturated carbocycles. The lowest BCUT2D eigenvalue weighted by atomic mass is 10.1. The topological polar surface area (TPSA) is 481 Å². The van der Waals surface area contributed by atoms with Gasteiger partial charge in [-0.1, -0.05) is 85.0 Å². The van der Waals surface area contributed by atoms with E-state index in [2.05, 4.69) is 36.0 Å². The molecule has 6 aromatic rings. The van der Waals surface area contributed by atoms with Crippen molar-refractivity contribution < 1.29 is 97.5 Å². The van der Waals surface area contributed by atoms with Crippen molar-refractivity contribution in [3.63, 3.8) is 0 Å². The van der Waals surface area contributed by atoms with Crippen molar-refractivity contribution in [2.45, 2.75) is 179 Å². The predicted molar refractivity (Wildman–Crippen MR) is 415 cm³/mol. The quantitative estimate of drug-likeness (QED) is 0.0352. The fourth-order valence-corrected chi connectivity index (χ4v) is 19.3. The molecule has 13 rings (SSSR count). The molecule has 0 spiro atoms. The highest BCUT2D eigenvalue weighted by Crippen LogP contribution is 2.48. The van der Waals surface area contributed by atoms with E-state index in [1.165, 1.54) is 30.5 Å². The van der Waals surface area contributed by atoms with Crippen molar-refractivity contribution >= 4 is 111 Å². The van der Waals surface area contributed by atoms with E-state index in [0.29, 0.717) is 23.6 Å². The maximum Gasteiger partial charge on any atom is 0.408 e. The summed E-state index contributed by atoms with van der Waals surface area (Å²) < 4.78 is 111. The van der Waals surface area contributed by atoms with E-state index in [9.17, 15) is 88.9 Å². The minimum atomic E-state index is -4.74. The zero-order valence-electron chi connectivity index (χ0n) is 64.1. The molecule has 36 nitrogen and oxygen atoms in total. The minimum Gasteiger partial charge on any atom is -0.479 e. The summed E-state index contributed by atoms with van der Waals surface area (Å²) in [6.45, 7) is 7.08. The fraction of sp³-hybridized carbons (Fsp3) is 0.455. The molecule has 39 heteroatoms. The largest absolute Gasteiger partial charge is 0.479 e. The number of para-hydroxylation sites is 2. The second-order valence-electron chi connectivity index (χ2n) is 31.4. The van der Waals surface area contributed by atoms with Gasteiger partial charge in [0.2, 0.25) is 65.5 Å². The van der Waals surface area contributed by atoms with E-state index >= 15 is 0 Å². The highest BCUT2D eigenvalue weighted by Gasteiger charge is 2.64. The summed E-state index contributed by atoms with van der Waals surface area (Å²) in [5.41, 5.74) is -6.80. The Morgan fingerprint density at radius 2 is 0.957 bits per heavy atom. The van der Waals surface area contributed by atoms with Crippen LogP contribution in [0.1, 0.15) is 106 Å². The van der Waals surface area contributed by atoms with Crippen LogP contribution < -0.4 is 35.5 Å². The van der Waals surface area contributed by atoms with E-state index in [0.717, 1.165) is 53.4 Å². The Kier molecular flexibility index (Phi) is 24.3. The van der Waals surface area contributed by atoms with Crippen LogP contribution in [-0.2, 0) is 68.3 Å². The predicted octanol–water partition coefficient (Wildman–Crippen LogP) is 6.29. The van der Waals surface area contributed by atoms with Crippen molar-refractivity contribution in [1.29, 1.82) is 0 Å². The van der Waals surface area contributed by atoms with Gasteiger partial charge in [0, 0.05) is 86.2 Å². The van der Waals surface area contributed by atoms with Gasteiger partial charge >= 0.3 is 18.2 Å². The molecule has 2 aromatic heterocycles. The number of alkyl carbamates (subject to hydrolysis) is 2. The van der Waals surface area contributed by atoms with Crippen LogP contribution in [0.15, 0.2) is 156 Å². The number of nitrogens with one attached hydrogen (secondary N) is 5. The standard InChI is InChI=1S/C40H47N7O12S2.C37H42N6O11S/c1-39(2,3)59-38(51)42-30-24-45(61(56,57)33-15-9-8-14-31(33)47(52)53)20-10-4-5-12-26-22-40(26,37(50)44-60(54,55)28-16-17-28)43-34(48)32-21-27(23-46(32)36(30)49)58-35-29-13-7-6-11-25(29)18-19-41-35;1-36(2,3)54-35(48)39-27-22-41(55(51,52)30-15-9-8-14-28(30)43(49)50)18-10-4-5-12-24-20-37(24,34(46)47)40-31(44)29-19-25(21-42(29)33(27)45)53-32-26-13-7-6-11-23(26)16-17-38-32/h5-9,11-15,18-19,26-28,30,32H,4,10,16-17,20-24H2,1-3H3,(H,42,51)(H,43,48)(H,44,50);5-9,11-17,24-25,27,29H,4,10,18-22H2,1-3H3,(H,39,48)(H,40,44)(H,46,47)/b2*12-5-/t26-,27-,30+,32+,40-;24-,25-,27+,29+,37-/m11/s1. The lowest BCUT2D eigenvalue weighted by molar-refractivity contribution is -0.388. The molecular weight excluding hydrogens is 1570 g/mol. The third-order valence-electron chi connectivity index (χ3n) is 20.6. The number of amides is 7. The number of sulfonamides is 3. The van der Waals surface area contributed by atoms with Crippen LogP contribution >= 0.6 is 0 Å². The van der Waals surface area contributed by atoms with Gasteiger partial charge < -0.3 is 55.1 Å². The molecule has 0 bridgehead atoms. The van der Waals surface area contributed by atoms with Crippen molar-refractivity contribution in [3.8, 4) is 11.8 Å². The number of pyridine rings is 2. The number of aliphatic carboxylic acids is 1. The number of nitro benzene ring substituents is 2. The number of ether oxygens (including phenoxy) is 4. The van der Waals surface area contributed by atoms with Crippen molar-refractivity contribution in [2.24, 2.45) is 11.8 Å². The molecule has 0 unspecified atom stereocenters. The SMILES string of the molecule is CC(C)(C)OC(=O)N[C@H]1CN(S(=O)(=O)c2ccccc2[N+](=O)[O-])CCC/C=C\[C@@H]2C[C@@]2(C(=O)NS(=O)(=O)C2CC2)NC(=O)[C@@H]2C[C@@H](Oc3nccc4ccccc34)CN2C1=O.CC(C)(C)OC(=O)N[C@H]1CN(S(=O)(=O)c2ccccc2[N+](=O)[O-])CCC/C=C\[C@@H]2C[C@@]2(C(=O)O)NC(=O)[C@@H]2C[C@@H](Oc3nccc4ccccc34)CN2C1=O. The van der Waals surface area contributed by atoms with E-state index in [1.54, 1.807) is 108 Å². The number of nitro groups is 2. The number of carboxylic acid groups (broad SMARTS) is 1. The van der Waals surface area contributed by atoms with E-state index in [4.69, 9.17) is 18.9 Å². The lowest BCUT2D eigenvalue weighted by Crippen LogP contribution is -2.60. The lowest BCUT2D eigenvalue weighted by Gasteiger charge is -2.32. The van der Waals surface area contributed by atoms with E-state index in [-0.39, 0.29) is 89.3 Å². The first-order valence-electron chi connectivity index (χ1n) is 37.6. The molecule has 2 saturated heterocycles. The zero-order valence-corrected chi connectivity index (χ0v) is 66.5. The Labute approximate surface area is 667 Å².